The van der Waals surface area contributed by atoms with Crippen LogP contribution in [0.25, 0.3) is 21.9 Å². The zero-order valence-electron chi connectivity index (χ0n) is 24.3. The van der Waals surface area contributed by atoms with Gasteiger partial charge in [0, 0.05) is 31.3 Å². The zero-order chi connectivity index (χ0) is 29.8. The number of hydrogen-bond acceptors (Lipinski definition) is 9. The Bertz CT molecular complexity index is 1330. The first kappa shape index (κ1) is 31.8. The van der Waals surface area contributed by atoms with Gasteiger partial charge in [-0.05, 0) is 39.2 Å². The Morgan fingerprint density at radius 2 is 1.78 bits per heavy atom. The summed E-state index contributed by atoms with van der Waals surface area (Å²) < 4.78 is 12.5. The predicted octanol–water partition coefficient (Wildman–Crippen LogP) is 2.21. The molecule has 0 aliphatic rings. The number of hydrogen-bond donors (Lipinski definition) is 4. The van der Waals surface area contributed by atoms with Crippen LogP contribution in [-0.2, 0) is 36.8 Å². The maximum Gasteiger partial charge on any atom is 0.325 e. The highest BCUT2D eigenvalue weighted by Gasteiger charge is 2.23. The van der Waals surface area contributed by atoms with E-state index in [4.69, 9.17) is 25.9 Å². The third-order valence-electron chi connectivity index (χ3n) is 6.48. The SMILES string of the molecule is CCCCc1nc2c(N)nc3ccccc3c2n1CCCCNC(=O)CNC(=O)CCOCCOC(=O)C(C)(C)N. The van der Waals surface area contributed by atoms with Gasteiger partial charge in [-0.1, -0.05) is 31.5 Å². The second-order valence-corrected chi connectivity index (χ2v) is 10.5. The maximum atomic E-state index is 12.2. The average molecular weight is 570 g/mol. The molecule has 41 heavy (non-hydrogen) atoms. The van der Waals surface area contributed by atoms with Crippen molar-refractivity contribution in [1.82, 2.24) is 25.2 Å². The first-order chi connectivity index (χ1) is 19.6. The highest BCUT2D eigenvalue weighted by atomic mass is 16.6. The molecule has 3 aromatic rings. The molecule has 12 nitrogen and oxygen atoms in total. The number of carbonyl (C=O) groups excluding carboxylic acids is 3. The summed E-state index contributed by atoms with van der Waals surface area (Å²) in [6, 6.07) is 7.95. The molecule has 3 rings (SSSR count). The number of carbonyl (C=O) groups is 3. The Morgan fingerprint density at radius 3 is 2.54 bits per heavy atom. The van der Waals surface area contributed by atoms with Crippen molar-refractivity contribution in [2.24, 2.45) is 5.73 Å². The number of aryl methyl sites for hydroxylation is 2. The summed E-state index contributed by atoms with van der Waals surface area (Å²) in [5.74, 6) is 0.370. The van der Waals surface area contributed by atoms with E-state index in [1.54, 1.807) is 13.8 Å². The van der Waals surface area contributed by atoms with Crippen LogP contribution in [-0.4, -0.2) is 70.8 Å². The number of aromatic nitrogens is 3. The normalized spacial score (nSPS) is 11.6. The number of nitrogens with two attached hydrogens (primary N) is 2. The van der Waals surface area contributed by atoms with Crippen LogP contribution in [0.2, 0.25) is 0 Å². The molecule has 2 aromatic heterocycles. The van der Waals surface area contributed by atoms with E-state index in [0.717, 1.165) is 66.4 Å². The molecule has 0 unspecified atom stereocenters. The lowest BCUT2D eigenvalue weighted by Crippen LogP contribution is -2.43. The third kappa shape index (κ3) is 9.39. The van der Waals surface area contributed by atoms with Gasteiger partial charge in [0.15, 0.2) is 5.82 Å². The van der Waals surface area contributed by atoms with E-state index in [0.29, 0.717) is 12.4 Å². The van der Waals surface area contributed by atoms with Crippen molar-refractivity contribution in [2.45, 2.75) is 71.4 Å². The van der Waals surface area contributed by atoms with Crippen LogP contribution in [0.15, 0.2) is 24.3 Å². The summed E-state index contributed by atoms with van der Waals surface area (Å²) in [4.78, 5) is 45.1. The van der Waals surface area contributed by atoms with Gasteiger partial charge in [-0.25, -0.2) is 9.97 Å². The van der Waals surface area contributed by atoms with Gasteiger partial charge in [0.25, 0.3) is 0 Å². The minimum atomic E-state index is -1.06. The average Bonchev–Trinajstić information content (AvgIpc) is 3.31. The smallest absolute Gasteiger partial charge is 0.325 e. The van der Waals surface area contributed by atoms with E-state index in [1.807, 2.05) is 24.3 Å². The number of ether oxygens (including phenoxy) is 2. The van der Waals surface area contributed by atoms with Gasteiger partial charge in [0.1, 0.15) is 23.5 Å². The summed E-state index contributed by atoms with van der Waals surface area (Å²) in [6.45, 7) is 6.78. The summed E-state index contributed by atoms with van der Waals surface area (Å²) in [5, 5.41) is 6.46. The first-order valence-corrected chi connectivity index (χ1v) is 14.2. The Labute approximate surface area is 240 Å². The molecule has 12 heteroatoms. The van der Waals surface area contributed by atoms with Gasteiger partial charge in [-0.3, -0.25) is 14.4 Å². The quantitative estimate of drug-likeness (QED) is 0.140. The highest BCUT2D eigenvalue weighted by molar-refractivity contribution is 6.06. The number of unbranched alkanes of at least 4 members (excludes halogenated alkanes) is 2. The van der Waals surface area contributed by atoms with Gasteiger partial charge < -0.3 is 36.1 Å². The summed E-state index contributed by atoms with van der Waals surface area (Å²) in [7, 11) is 0. The number of rotatable bonds is 17. The second-order valence-electron chi connectivity index (χ2n) is 10.5. The summed E-state index contributed by atoms with van der Waals surface area (Å²) in [5.41, 5.74) is 13.4. The number of nitrogens with one attached hydrogen (secondary N) is 2. The van der Waals surface area contributed by atoms with Crippen LogP contribution in [0.3, 0.4) is 0 Å². The molecule has 0 aliphatic heterocycles. The fraction of sp³-hybridized carbons (Fsp3) is 0.552. The molecule has 2 heterocycles. The molecular formula is C29H43N7O5. The Hall–Kier alpha value is -3.77. The van der Waals surface area contributed by atoms with Gasteiger partial charge >= 0.3 is 5.97 Å². The maximum absolute atomic E-state index is 12.2. The van der Waals surface area contributed by atoms with E-state index in [2.05, 4.69) is 27.1 Å². The number of imidazole rings is 1. The van der Waals surface area contributed by atoms with Crippen LogP contribution in [0, 0.1) is 0 Å². The molecule has 0 saturated heterocycles. The number of nitrogens with zero attached hydrogens (tertiary/aromatic N) is 3. The lowest BCUT2D eigenvalue weighted by molar-refractivity contribution is -0.150. The molecule has 1 aromatic carbocycles. The molecule has 0 spiro atoms. The third-order valence-corrected chi connectivity index (χ3v) is 6.48. The fourth-order valence-electron chi connectivity index (χ4n) is 4.27. The molecule has 0 atom stereocenters. The Balaban J connectivity index is 1.38. The van der Waals surface area contributed by atoms with Crippen molar-refractivity contribution in [3.05, 3.63) is 30.1 Å². The van der Waals surface area contributed by atoms with Gasteiger partial charge in [-0.15, -0.1) is 0 Å². The molecule has 0 fully saturated rings. The molecular weight excluding hydrogens is 526 g/mol. The molecule has 0 saturated carbocycles. The topological polar surface area (TPSA) is 176 Å². The van der Waals surface area contributed by atoms with Crippen LogP contribution >= 0.6 is 0 Å². The second kappa shape index (κ2) is 15.3. The van der Waals surface area contributed by atoms with Crippen molar-refractivity contribution >= 4 is 45.5 Å². The van der Waals surface area contributed by atoms with Crippen LogP contribution < -0.4 is 22.1 Å². The minimum absolute atomic E-state index is 0.0580. The predicted molar refractivity (Wildman–Crippen MR) is 158 cm³/mol. The molecule has 0 aliphatic carbocycles. The number of amides is 2. The molecule has 0 radical (unpaired) electrons. The summed E-state index contributed by atoms with van der Waals surface area (Å²) in [6.07, 6.45) is 4.66. The standard InChI is InChI=1S/C29H43N7O5/c1-4-5-12-22-35-25-26(20-10-6-7-11-21(20)34-27(25)30)36(22)15-9-8-14-32-24(38)19-33-23(37)13-16-40-17-18-41-28(39)29(2,3)31/h6-7,10-11H,4-5,8-9,12-19,31H2,1-3H3,(H2,30,34)(H,32,38)(H,33,37). The van der Waals surface area contributed by atoms with Crippen LogP contribution in [0.4, 0.5) is 5.82 Å². The number of esters is 1. The van der Waals surface area contributed by atoms with Crippen molar-refractivity contribution in [3.8, 4) is 0 Å². The van der Waals surface area contributed by atoms with E-state index >= 15 is 0 Å². The van der Waals surface area contributed by atoms with Crippen molar-refractivity contribution in [1.29, 1.82) is 0 Å². The number of benzene rings is 1. The number of pyridine rings is 1. The van der Waals surface area contributed by atoms with E-state index in [1.165, 1.54) is 0 Å². The fourth-order valence-corrected chi connectivity index (χ4v) is 4.27. The number of para-hydroxylation sites is 1. The van der Waals surface area contributed by atoms with Gasteiger partial charge in [0.05, 0.1) is 30.8 Å². The van der Waals surface area contributed by atoms with E-state index in [-0.39, 0.29) is 44.6 Å². The first-order valence-electron chi connectivity index (χ1n) is 14.2. The van der Waals surface area contributed by atoms with Crippen molar-refractivity contribution in [2.75, 3.05) is 38.6 Å². The largest absolute Gasteiger partial charge is 0.462 e. The number of nitrogen functional groups attached to an aromatic ring is 1. The lowest BCUT2D eigenvalue weighted by Gasteiger charge is -2.16. The molecule has 224 valence electrons. The van der Waals surface area contributed by atoms with Crippen molar-refractivity contribution < 1.29 is 23.9 Å². The van der Waals surface area contributed by atoms with Crippen LogP contribution in [0.5, 0.6) is 0 Å². The molecule has 6 N–H and O–H groups in total. The Kier molecular flexibility index (Phi) is 11.8. The van der Waals surface area contributed by atoms with Gasteiger partial charge in [-0.2, -0.15) is 0 Å². The van der Waals surface area contributed by atoms with E-state index in [9.17, 15) is 14.4 Å². The summed E-state index contributed by atoms with van der Waals surface area (Å²) >= 11 is 0. The van der Waals surface area contributed by atoms with E-state index < -0.39 is 11.5 Å². The monoisotopic (exact) mass is 569 g/mol. The molecule has 0 bridgehead atoms. The Morgan fingerprint density at radius 1 is 1.00 bits per heavy atom. The number of anilines is 1. The van der Waals surface area contributed by atoms with Crippen LogP contribution in [0.1, 0.15) is 58.7 Å². The minimum Gasteiger partial charge on any atom is -0.462 e. The lowest BCUT2D eigenvalue weighted by atomic mass is 10.1. The van der Waals surface area contributed by atoms with Crippen molar-refractivity contribution in [3.63, 3.8) is 0 Å². The molecule has 2 amide bonds. The van der Waals surface area contributed by atoms with Gasteiger partial charge in [0.2, 0.25) is 11.8 Å². The zero-order valence-corrected chi connectivity index (χ0v) is 24.3. The number of fused-ring (bicyclic) bond motifs is 3. The highest BCUT2D eigenvalue weighted by Crippen LogP contribution is 2.29.